The van der Waals surface area contributed by atoms with Crippen molar-refractivity contribution in [2.45, 2.75) is 25.7 Å². The van der Waals surface area contributed by atoms with E-state index in [-0.39, 0.29) is 11.5 Å². The maximum atomic E-state index is 13.7. The van der Waals surface area contributed by atoms with E-state index >= 15 is 0 Å². The smallest absolute Gasteiger partial charge is 0.282 e. The van der Waals surface area contributed by atoms with Crippen LogP contribution in [0.2, 0.25) is 0 Å². The van der Waals surface area contributed by atoms with Gasteiger partial charge in [-0.2, -0.15) is 0 Å². The van der Waals surface area contributed by atoms with Crippen molar-refractivity contribution in [1.82, 2.24) is 4.90 Å². The summed E-state index contributed by atoms with van der Waals surface area (Å²) in [5, 5.41) is 0. The van der Waals surface area contributed by atoms with Gasteiger partial charge < -0.3 is 4.90 Å². The van der Waals surface area contributed by atoms with Crippen molar-refractivity contribution in [3.63, 3.8) is 0 Å². The minimum Gasteiger partial charge on any atom is -0.326 e. The van der Waals surface area contributed by atoms with E-state index in [1.807, 2.05) is 13.8 Å². The van der Waals surface area contributed by atoms with E-state index in [4.69, 9.17) is 0 Å². The highest BCUT2D eigenvalue weighted by atomic mass is 19.3. The highest BCUT2D eigenvalue weighted by molar-refractivity contribution is 5.95. The molecule has 1 amide bonds. The van der Waals surface area contributed by atoms with Gasteiger partial charge in [0.05, 0.1) is 18.7 Å². The van der Waals surface area contributed by atoms with Crippen molar-refractivity contribution in [1.29, 1.82) is 0 Å². The first-order valence-electron chi connectivity index (χ1n) is 5.77. The van der Waals surface area contributed by atoms with Gasteiger partial charge in [-0.3, -0.25) is 4.79 Å². The summed E-state index contributed by atoms with van der Waals surface area (Å²) < 4.78 is 39.0. The van der Waals surface area contributed by atoms with Crippen LogP contribution in [0.4, 0.5) is 13.2 Å². The number of rotatable bonds is 2. The van der Waals surface area contributed by atoms with E-state index in [1.165, 1.54) is 12.1 Å². The van der Waals surface area contributed by atoms with Gasteiger partial charge in [0.1, 0.15) is 5.82 Å². The molecule has 0 aromatic heterocycles. The Labute approximate surface area is 103 Å². The molecule has 0 aliphatic carbocycles. The highest BCUT2D eigenvalue weighted by Gasteiger charge is 2.46. The van der Waals surface area contributed by atoms with Crippen molar-refractivity contribution >= 4 is 5.91 Å². The van der Waals surface area contributed by atoms with Crippen LogP contribution in [0.5, 0.6) is 0 Å². The summed E-state index contributed by atoms with van der Waals surface area (Å²) in [6.45, 7) is 2.56. The topological polar surface area (TPSA) is 20.3 Å². The molecule has 0 radical (unpaired) electrons. The molecular formula is C13H14F3NO. The lowest BCUT2D eigenvalue weighted by molar-refractivity contribution is -0.113. The van der Waals surface area contributed by atoms with Crippen LogP contribution in [0.1, 0.15) is 35.7 Å². The van der Waals surface area contributed by atoms with Gasteiger partial charge in [-0.1, -0.05) is 19.9 Å². The molecule has 2 rings (SSSR count). The SMILES string of the molecule is CC(C)c1ccc(C(=O)N2CC(F)(F)C2)c(F)c1. The van der Waals surface area contributed by atoms with Gasteiger partial charge in [-0.25, -0.2) is 13.2 Å². The molecule has 1 aromatic rings. The summed E-state index contributed by atoms with van der Waals surface area (Å²) in [5.41, 5.74) is 0.632. The second-order valence-electron chi connectivity index (χ2n) is 4.91. The molecule has 0 bridgehead atoms. The largest absolute Gasteiger partial charge is 0.326 e. The lowest BCUT2D eigenvalue weighted by Crippen LogP contribution is -2.58. The molecule has 98 valence electrons. The number of nitrogens with zero attached hydrogens (tertiary/aromatic N) is 1. The maximum Gasteiger partial charge on any atom is 0.282 e. The zero-order chi connectivity index (χ0) is 13.5. The summed E-state index contributed by atoms with van der Waals surface area (Å²) in [5.74, 6) is -4.00. The number of hydrogen-bond acceptors (Lipinski definition) is 1. The summed E-state index contributed by atoms with van der Waals surface area (Å²) in [6, 6.07) is 4.30. The molecule has 1 fully saturated rings. The fourth-order valence-corrected chi connectivity index (χ4v) is 1.89. The van der Waals surface area contributed by atoms with E-state index < -0.39 is 30.7 Å². The van der Waals surface area contributed by atoms with Crippen molar-refractivity contribution in [2.75, 3.05) is 13.1 Å². The Hall–Kier alpha value is -1.52. The first-order chi connectivity index (χ1) is 8.30. The summed E-state index contributed by atoms with van der Waals surface area (Å²) in [6.07, 6.45) is 0. The van der Waals surface area contributed by atoms with E-state index in [1.54, 1.807) is 6.07 Å². The fraction of sp³-hybridized carbons (Fsp3) is 0.462. The number of alkyl halides is 2. The first kappa shape index (κ1) is 12.9. The van der Waals surface area contributed by atoms with Gasteiger partial charge in [-0.05, 0) is 23.6 Å². The maximum absolute atomic E-state index is 13.7. The number of hydrogen-bond donors (Lipinski definition) is 0. The molecule has 2 nitrogen and oxygen atoms in total. The van der Waals surface area contributed by atoms with Crippen LogP contribution in [-0.2, 0) is 0 Å². The molecular weight excluding hydrogens is 243 g/mol. The number of halogens is 3. The number of carbonyl (C=O) groups excluding carboxylic acids is 1. The molecule has 0 atom stereocenters. The third kappa shape index (κ3) is 2.35. The normalized spacial score (nSPS) is 17.8. The molecule has 1 aliphatic rings. The summed E-state index contributed by atoms with van der Waals surface area (Å²) in [7, 11) is 0. The van der Waals surface area contributed by atoms with Crippen molar-refractivity contribution in [3.05, 3.63) is 35.1 Å². The van der Waals surface area contributed by atoms with E-state index in [0.29, 0.717) is 0 Å². The molecule has 0 unspecified atom stereocenters. The van der Waals surface area contributed by atoms with Crippen LogP contribution >= 0.6 is 0 Å². The monoisotopic (exact) mass is 257 g/mol. The second-order valence-corrected chi connectivity index (χ2v) is 4.91. The van der Waals surface area contributed by atoms with Gasteiger partial charge in [0.2, 0.25) is 0 Å². The van der Waals surface area contributed by atoms with Crippen LogP contribution in [-0.4, -0.2) is 29.8 Å². The zero-order valence-electron chi connectivity index (χ0n) is 10.2. The lowest BCUT2D eigenvalue weighted by Gasteiger charge is -2.38. The molecule has 0 N–H and O–H groups in total. The molecule has 1 aliphatic heterocycles. The number of benzene rings is 1. The predicted molar refractivity (Wildman–Crippen MR) is 61.3 cm³/mol. The van der Waals surface area contributed by atoms with Gasteiger partial charge >= 0.3 is 0 Å². The Morgan fingerprint density at radius 3 is 2.39 bits per heavy atom. The van der Waals surface area contributed by atoms with Crippen molar-refractivity contribution < 1.29 is 18.0 Å². The van der Waals surface area contributed by atoms with Gasteiger partial charge in [0.15, 0.2) is 0 Å². The first-order valence-corrected chi connectivity index (χ1v) is 5.77. The van der Waals surface area contributed by atoms with Gasteiger partial charge in [0, 0.05) is 0 Å². The average molecular weight is 257 g/mol. The average Bonchev–Trinajstić information content (AvgIpc) is 2.24. The number of likely N-dealkylation sites (tertiary alicyclic amines) is 1. The standard InChI is InChI=1S/C13H14F3NO/c1-8(2)9-3-4-10(11(14)5-9)12(18)17-6-13(15,16)7-17/h3-5,8H,6-7H2,1-2H3. The van der Waals surface area contributed by atoms with Crippen LogP contribution in [0.15, 0.2) is 18.2 Å². The summed E-state index contributed by atoms with van der Waals surface area (Å²) in [4.78, 5) is 12.7. The Bertz CT molecular complexity index is 477. The summed E-state index contributed by atoms with van der Waals surface area (Å²) >= 11 is 0. The third-order valence-corrected chi connectivity index (χ3v) is 3.02. The van der Waals surface area contributed by atoms with Gasteiger partial charge in [0.25, 0.3) is 11.8 Å². The molecule has 1 heterocycles. The molecule has 1 saturated heterocycles. The van der Waals surface area contributed by atoms with Crippen LogP contribution in [0.25, 0.3) is 0 Å². The number of amides is 1. The van der Waals surface area contributed by atoms with Crippen LogP contribution in [0.3, 0.4) is 0 Å². The van der Waals surface area contributed by atoms with Crippen molar-refractivity contribution in [3.8, 4) is 0 Å². The van der Waals surface area contributed by atoms with Crippen LogP contribution in [0, 0.1) is 5.82 Å². The van der Waals surface area contributed by atoms with E-state index in [2.05, 4.69) is 0 Å². The predicted octanol–water partition coefficient (Wildman–Crippen LogP) is 3.04. The van der Waals surface area contributed by atoms with Gasteiger partial charge in [-0.15, -0.1) is 0 Å². The zero-order valence-corrected chi connectivity index (χ0v) is 10.2. The van der Waals surface area contributed by atoms with E-state index in [9.17, 15) is 18.0 Å². The molecule has 5 heteroatoms. The molecule has 0 saturated carbocycles. The third-order valence-electron chi connectivity index (χ3n) is 3.02. The van der Waals surface area contributed by atoms with Crippen molar-refractivity contribution in [2.24, 2.45) is 0 Å². The minimum absolute atomic E-state index is 0.144. The Kier molecular flexibility index (Phi) is 3.09. The second kappa shape index (κ2) is 4.30. The quantitative estimate of drug-likeness (QED) is 0.797. The minimum atomic E-state index is -2.83. The Balaban J connectivity index is 2.17. The van der Waals surface area contributed by atoms with Crippen LogP contribution < -0.4 is 0 Å². The highest BCUT2D eigenvalue weighted by Crippen LogP contribution is 2.29. The molecule has 18 heavy (non-hydrogen) atoms. The fourth-order valence-electron chi connectivity index (χ4n) is 1.89. The number of carbonyl (C=O) groups is 1. The van der Waals surface area contributed by atoms with E-state index in [0.717, 1.165) is 10.5 Å². The molecule has 1 aromatic carbocycles. The molecule has 0 spiro atoms. The lowest BCUT2D eigenvalue weighted by atomic mass is 10.00. The Morgan fingerprint density at radius 2 is 1.94 bits per heavy atom. The Morgan fingerprint density at radius 1 is 1.33 bits per heavy atom.